The van der Waals surface area contributed by atoms with Crippen LogP contribution >= 0.6 is 0 Å². The molecule has 1 saturated carbocycles. The first-order valence-electron chi connectivity index (χ1n) is 9.93. The number of rotatable bonds is 6. The molecule has 0 spiro atoms. The van der Waals surface area contributed by atoms with E-state index in [9.17, 15) is 8.60 Å². The normalized spacial score (nSPS) is 22.1. The van der Waals surface area contributed by atoms with E-state index in [-0.39, 0.29) is 5.82 Å². The Morgan fingerprint density at radius 1 is 1.14 bits per heavy atom. The highest BCUT2D eigenvalue weighted by Crippen LogP contribution is 2.33. The standard InChI is InChI=1S/C22H26FN3OS/c1-26(22-20-3-2-4-21(20)24-15-25-22)19-11-7-17(8-12-19)14-28(27)13-16-5-9-18(23)10-6-16/h2-3,5-6,9-10,15,17,19H,4,7-8,11-14H2,1H3. The minimum Gasteiger partial charge on any atom is -0.356 e. The molecule has 2 aliphatic rings. The molecule has 1 aromatic heterocycles. The van der Waals surface area contributed by atoms with Crippen molar-refractivity contribution < 1.29 is 8.60 Å². The van der Waals surface area contributed by atoms with Crippen LogP contribution in [0.3, 0.4) is 0 Å². The fourth-order valence-electron chi connectivity index (χ4n) is 4.28. The molecule has 2 aliphatic carbocycles. The van der Waals surface area contributed by atoms with Crippen molar-refractivity contribution in [1.29, 1.82) is 0 Å². The minimum absolute atomic E-state index is 0.248. The van der Waals surface area contributed by atoms with Crippen LogP contribution < -0.4 is 4.90 Å². The summed E-state index contributed by atoms with van der Waals surface area (Å²) in [5.41, 5.74) is 3.22. The van der Waals surface area contributed by atoms with E-state index in [1.54, 1.807) is 18.5 Å². The molecule has 0 bridgehead atoms. The van der Waals surface area contributed by atoms with Gasteiger partial charge in [-0.2, -0.15) is 0 Å². The maximum Gasteiger partial charge on any atom is 0.139 e. The predicted octanol–water partition coefficient (Wildman–Crippen LogP) is 4.13. The second-order valence-electron chi connectivity index (χ2n) is 7.83. The molecule has 0 aliphatic heterocycles. The third-order valence-electron chi connectivity index (χ3n) is 5.90. The lowest BCUT2D eigenvalue weighted by atomic mass is 9.86. The topological polar surface area (TPSA) is 46.1 Å². The number of nitrogens with zero attached hydrogens (tertiary/aromatic N) is 3. The molecule has 4 nitrogen and oxygen atoms in total. The number of halogens is 1. The van der Waals surface area contributed by atoms with Crippen LogP contribution in [0.25, 0.3) is 6.08 Å². The Bertz CT molecular complexity index is 876. The van der Waals surface area contributed by atoms with E-state index in [1.165, 1.54) is 12.1 Å². The van der Waals surface area contributed by atoms with E-state index >= 15 is 0 Å². The zero-order valence-corrected chi connectivity index (χ0v) is 17.0. The summed E-state index contributed by atoms with van der Waals surface area (Å²) in [5.74, 6) is 2.53. The number of allylic oxidation sites excluding steroid dienone is 1. The van der Waals surface area contributed by atoms with Crippen LogP contribution in [0.2, 0.25) is 0 Å². The summed E-state index contributed by atoms with van der Waals surface area (Å²) in [6, 6.07) is 6.80. The molecule has 0 N–H and O–H groups in total. The quantitative estimate of drug-likeness (QED) is 0.733. The van der Waals surface area contributed by atoms with Crippen molar-refractivity contribution in [1.82, 2.24) is 9.97 Å². The number of anilines is 1. The van der Waals surface area contributed by atoms with Gasteiger partial charge in [-0.1, -0.05) is 24.3 Å². The zero-order chi connectivity index (χ0) is 19.5. The molecule has 1 aromatic carbocycles. The van der Waals surface area contributed by atoms with Crippen molar-refractivity contribution in [3.05, 3.63) is 59.3 Å². The van der Waals surface area contributed by atoms with Crippen LogP contribution in [0.5, 0.6) is 0 Å². The molecule has 6 heteroatoms. The van der Waals surface area contributed by atoms with Gasteiger partial charge in [-0.05, 0) is 49.3 Å². The van der Waals surface area contributed by atoms with Gasteiger partial charge < -0.3 is 4.90 Å². The molecule has 1 fully saturated rings. The van der Waals surface area contributed by atoms with E-state index in [0.717, 1.165) is 60.5 Å². The van der Waals surface area contributed by atoms with Crippen LogP contribution in [0, 0.1) is 11.7 Å². The van der Waals surface area contributed by atoms with Gasteiger partial charge in [-0.15, -0.1) is 0 Å². The third kappa shape index (κ3) is 4.32. The molecule has 0 radical (unpaired) electrons. The lowest BCUT2D eigenvalue weighted by Gasteiger charge is -2.35. The number of benzene rings is 1. The minimum atomic E-state index is -0.899. The molecular formula is C22H26FN3OS. The highest BCUT2D eigenvalue weighted by molar-refractivity contribution is 7.84. The second-order valence-corrected chi connectivity index (χ2v) is 9.33. The number of aromatic nitrogens is 2. The molecule has 28 heavy (non-hydrogen) atoms. The molecular weight excluding hydrogens is 373 g/mol. The Hall–Kier alpha value is -2.08. The Kier molecular flexibility index (Phi) is 5.85. The van der Waals surface area contributed by atoms with Gasteiger partial charge in [0, 0.05) is 47.4 Å². The van der Waals surface area contributed by atoms with E-state index in [1.807, 2.05) is 0 Å². The Balaban J connectivity index is 1.30. The van der Waals surface area contributed by atoms with Gasteiger partial charge in [0.25, 0.3) is 0 Å². The van der Waals surface area contributed by atoms with Crippen molar-refractivity contribution >= 4 is 22.7 Å². The first kappa shape index (κ1) is 19.2. The fourth-order valence-corrected chi connectivity index (χ4v) is 5.83. The summed E-state index contributed by atoms with van der Waals surface area (Å²) in [5, 5.41) is 0. The molecule has 2 aromatic rings. The van der Waals surface area contributed by atoms with Crippen molar-refractivity contribution in [3.63, 3.8) is 0 Å². The zero-order valence-electron chi connectivity index (χ0n) is 16.2. The molecule has 4 rings (SSSR count). The fraction of sp³-hybridized carbons (Fsp3) is 0.455. The summed E-state index contributed by atoms with van der Waals surface area (Å²) < 4.78 is 25.5. The van der Waals surface area contributed by atoms with Gasteiger partial charge in [0.05, 0.1) is 5.69 Å². The van der Waals surface area contributed by atoms with Crippen LogP contribution in [-0.4, -0.2) is 33.0 Å². The largest absolute Gasteiger partial charge is 0.356 e. The molecule has 1 unspecified atom stereocenters. The summed E-state index contributed by atoms with van der Waals surface area (Å²) >= 11 is 0. The highest BCUT2D eigenvalue weighted by atomic mass is 32.2. The van der Waals surface area contributed by atoms with E-state index in [2.05, 4.69) is 34.1 Å². The van der Waals surface area contributed by atoms with E-state index in [4.69, 9.17) is 0 Å². The molecule has 1 heterocycles. The maximum atomic E-state index is 13.0. The van der Waals surface area contributed by atoms with Crippen molar-refractivity contribution in [2.45, 2.75) is 43.9 Å². The van der Waals surface area contributed by atoms with Gasteiger partial charge >= 0.3 is 0 Å². The van der Waals surface area contributed by atoms with Gasteiger partial charge in [-0.3, -0.25) is 4.21 Å². The van der Waals surface area contributed by atoms with Gasteiger partial charge in [-0.25, -0.2) is 14.4 Å². The Labute approximate surface area is 168 Å². The third-order valence-corrected chi connectivity index (χ3v) is 7.40. The summed E-state index contributed by atoms with van der Waals surface area (Å²) in [6.45, 7) is 0. The summed E-state index contributed by atoms with van der Waals surface area (Å²) in [6.07, 6.45) is 11.2. The SMILES string of the molecule is CN(c1ncnc2c1C=CC2)C1CCC(CS(=O)Cc2ccc(F)cc2)CC1. The van der Waals surface area contributed by atoms with Crippen LogP contribution in [0.4, 0.5) is 10.2 Å². The lowest BCUT2D eigenvalue weighted by Crippen LogP contribution is -2.37. The van der Waals surface area contributed by atoms with Crippen molar-refractivity contribution in [3.8, 4) is 0 Å². The monoisotopic (exact) mass is 399 g/mol. The lowest BCUT2D eigenvalue weighted by molar-refractivity contribution is 0.342. The first-order valence-corrected chi connectivity index (χ1v) is 11.4. The smallest absolute Gasteiger partial charge is 0.139 e. The Morgan fingerprint density at radius 2 is 1.89 bits per heavy atom. The number of hydrogen-bond acceptors (Lipinski definition) is 4. The molecule has 0 saturated heterocycles. The van der Waals surface area contributed by atoms with Crippen LogP contribution in [0.1, 0.15) is 42.5 Å². The first-order chi connectivity index (χ1) is 13.6. The van der Waals surface area contributed by atoms with Crippen molar-refractivity contribution in [2.75, 3.05) is 17.7 Å². The van der Waals surface area contributed by atoms with Gasteiger partial charge in [0.15, 0.2) is 0 Å². The summed E-state index contributed by atoms with van der Waals surface area (Å²) in [7, 11) is 1.23. The van der Waals surface area contributed by atoms with E-state index in [0.29, 0.717) is 17.7 Å². The predicted molar refractivity (Wildman–Crippen MR) is 112 cm³/mol. The highest BCUT2D eigenvalue weighted by Gasteiger charge is 2.27. The van der Waals surface area contributed by atoms with Gasteiger partial charge in [0.2, 0.25) is 0 Å². The van der Waals surface area contributed by atoms with Crippen LogP contribution in [0.15, 0.2) is 36.7 Å². The Morgan fingerprint density at radius 3 is 2.64 bits per heavy atom. The van der Waals surface area contributed by atoms with Crippen LogP contribution in [-0.2, 0) is 23.0 Å². The van der Waals surface area contributed by atoms with E-state index < -0.39 is 10.8 Å². The number of fused-ring (bicyclic) bond motifs is 1. The van der Waals surface area contributed by atoms with Crippen molar-refractivity contribution in [2.24, 2.45) is 5.92 Å². The second kappa shape index (κ2) is 8.52. The average molecular weight is 400 g/mol. The molecule has 1 atom stereocenters. The number of hydrogen-bond donors (Lipinski definition) is 0. The maximum absolute atomic E-state index is 13.0. The average Bonchev–Trinajstić information content (AvgIpc) is 3.19. The van der Waals surface area contributed by atoms with Gasteiger partial charge in [0.1, 0.15) is 18.0 Å². The molecule has 0 amide bonds. The molecule has 148 valence electrons. The summed E-state index contributed by atoms with van der Waals surface area (Å²) in [4.78, 5) is 11.2.